The molecule has 0 bridgehead atoms. The highest BCUT2D eigenvalue weighted by atomic mass is 19.1. The molecule has 0 saturated heterocycles. The highest BCUT2D eigenvalue weighted by Gasteiger charge is 2.25. The molecular formula is C28H30FNO. The Balaban J connectivity index is 2.11. The zero-order chi connectivity index (χ0) is 22.1. The molecule has 0 radical (unpaired) electrons. The van der Waals surface area contributed by atoms with Crippen LogP contribution in [0.5, 0.6) is 5.75 Å². The van der Waals surface area contributed by atoms with Crippen molar-refractivity contribution in [2.24, 2.45) is 5.92 Å². The average Bonchev–Trinajstić information content (AvgIpc) is 2.92. The molecular weight excluding hydrogens is 385 g/mol. The van der Waals surface area contributed by atoms with Gasteiger partial charge in [0, 0.05) is 17.5 Å². The van der Waals surface area contributed by atoms with Gasteiger partial charge in [-0.25, -0.2) is 4.39 Å². The van der Waals surface area contributed by atoms with Crippen LogP contribution in [0, 0.1) is 18.7 Å². The molecule has 0 N–H and O–H groups in total. The number of fused-ring (bicyclic) bond motifs is 3. The summed E-state index contributed by atoms with van der Waals surface area (Å²) in [7, 11) is 0. The van der Waals surface area contributed by atoms with E-state index in [1.54, 1.807) is 6.07 Å². The Hall–Kier alpha value is -2.94. The average molecular weight is 416 g/mol. The van der Waals surface area contributed by atoms with Crippen LogP contribution < -0.4 is 4.74 Å². The summed E-state index contributed by atoms with van der Waals surface area (Å²) in [5.41, 5.74) is 8.20. The normalized spacial score (nSPS) is 13.3. The third kappa shape index (κ3) is 4.14. The zero-order valence-corrected chi connectivity index (χ0v) is 19.0. The van der Waals surface area contributed by atoms with Crippen molar-refractivity contribution in [3.63, 3.8) is 0 Å². The van der Waals surface area contributed by atoms with Gasteiger partial charge >= 0.3 is 0 Å². The molecule has 1 aliphatic heterocycles. The quantitative estimate of drug-likeness (QED) is 0.438. The van der Waals surface area contributed by atoms with Crippen LogP contribution in [-0.2, 0) is 6.42 Å². The van der Waals surface area contributed by atoms with Crippen LogP contribution in [0.3, 0.4) is 0 Å². The first-order valence-corrected chi connectivity index (χ1v) is 11.1. The minimum Gasteiger partial charge on any atom is -0.493 e. The summed E-state index contributed by atoms with van der Waals surface area (Å²) in [5, 5.41) is 0. The van der Waals surface area contributed by atoms with Gasteiger partial charge in [0.2, 0.25) is 0 Å². The first-order chi connectivity index (χ1) is 14.9. The molecule has 3 heteroatoms. The summed E-state index contributed by atoms with van der Waals surface area (Å²) >= 11 is 0. The maximum Gasteiger partial charge on any atom is 0.128 e. The Morgan fingerprint density at radius 2 is 1.84 bits per heavy atom. The molecule has 2 aromatic carbocycles. The molecule has 4 rings (SSSR count). The predicted octanol–water partition coefficient (Wildman–Crippen LogP) is 7.59. The number of rotatable bonds is 4. The maximum atomic E-state index is 14.1. The topological polar surface area (TPSA) is 22.1 Å². The third-order valence-electron chi connectivity index (χ3n) is 5.76. The van der Waals surface area contributed by atoms with E-state index in [2.05, 4.69) is 45.9 Å². The predicted molar refractivity (Wildman–Crippen MR) is 127 cm³/mol. The van der Waals surface area contributed by atoms with Crippen LogP contribution in [0.4, 0.5) is 4.39 Å². The summed E-state index contributed by atoms with van der Waals surface area (Å²) in [6.45, 7) is 11.1. The van der Waals surface area contributed by atoms with Crippen LogP contribution in [0.25, 0.3) is 28.5 Å². The van der Waals surface area contributed by atoms with Gasteiger partial charge in [-0.15, -0.1) is 0 Å². The summed E-state index contributed by atoms with van der Waals surface area (Å²) < 4.78 is 20.2. The van der Waals surface area contributed by atoms with Crippen molar-refractivity contribution in [1.29, 1.82) is 0 Å². The highest BCUT2D eigenvalue weighted by molar-refractivity contribution is 5.86. The second kappa shape index (κ2) is 8.66. The van der Waals surface area contributed by atoms with Crippen molar-refractivity contribution in [2.45, 2.75) is 47.0 Å². The lowest BCUT2D eigenvalue weighted by Crippen LogP contribution is -2.08. The zero-order valence-electron chi connectivity index (χ0n) is 19.0. The lowest BCUT2D eigenvalue weighted by Gasteiger charge is -2.21. The van der Waals surface area contributed by atoms with E-state index in [9.17, 15) is 4.39 Å². The smallest absolute Gasteiger partial charge is 0.128 e. The van der Waals surface area contributed by atoms with Crippen molar-refractivity contribution in [3.05, 3.63) is 76.7 Å². The maximum absolute atomic E-state index is 14.1. The fourth-order valence-electron chi connectivity index (χ4n) is 4.20. The van der Waals surface area contributed by atoms with Crippen LogP contribution in [0.15, 0.2) is 48.5 Å². The van der Waals surface area contributed by atoms with Crippen molar-refractivity contribution in [1.82, 2.24) is 4.98 Å². The molecule has 0 amide bonds. The van der Waals surface area contributed by atoms with Gasteiger partial charge < -0.3 is 4.74 Å². The number of pyridine rings is 1. The van der Waals surface area contributed by atoms with Crippen LogP contribution in [0.1, 0.15) is 56.0 Å². The van der Waals surface area contributed by atoms with E-state index in [0.717, 1.165) is 45.8 Å². The molecule has 0 saturated carbocycles. The van der Waals surface area contributed by atoms with Crippen LogP contribution in [0.2, 0.25) is 0 Å². The lowest BCUT2D eigenvalue weighted by molar-refractivity contribution is 0.326. The number of hydrogen-bond donors (Lipinski definition) is 0. The molecule has 0 spiro atoms. The molecule has 3 aromatic rings. The molecule has 0 aliphatic carbocycles. The van der Waals surface area contributed by atoms with E-state index in [4.69, 9.17) is 9.72 Å². The fourth-order valence-corrected chi connectivity index (χ4v) is 4.20. The van der Waals surface area contributed by atoms with E-state index in [-0.39, 0.29) is 11.7 Å². The van der Waals surface area contributed by atoms with Gasteiger partial charge in [0.05, 0.1) is 18.0 Å². The second-order valence-electron chi connectivity index (χ2n) is 8.93. The Bertz CT molecular complexity index is 1140. The highest BCUT2D eigenvalue weighted by Crippen LogP contribution is 2.43. The third-order valence-corrected chi connectivity index (χ3v) is 5.76. The number of ether oxygens (including phenoxy) is 1. The minimum absolute atomic E-state index is 0.180. The van der Waals surface area contributed by atoms with Gasteiger partial charge in [-0.05, 0) is 65.3 Å². The summed E-state index contributed by atoms with van der Waals surface area (Å²) in [6.07, 6.45) is 5.18. The van der Waals surface area contributed by atoms with E-state index >= 15 is 0 Å². The van der Waals surface area contributed by atoms with E-state index in [1.807, 2.05) is 37.3 Å². The standard InChI is InChI=1S/C28H30FNO/c1-17(2)10-12-22-26(20-11-13-24(29)19(5)16-20)23-14-15-31-25-9-7-6-8-21(25)28(23)30-27(22)18(3)4/h6-13,16-18H,14-15H2,1-5H3/b12-10+. The molecule has 1 aromatic heterocycles. The fraction of sp³-hybridized carbons (Fsp3) is 0.321. The first kappa shape index (κ1) is 21.3. The van der Waals surface area contributed by atoms with Crippen molar-refractivity contribution >= 4 is 6.08 Å². The van der Waals surface area contributed by atoms with Crippen LogP contribution in [-0.4, -0.2) is 11.6 Å². The lowest BCUT2D eigenvalue weighted by atomic mass is 9.86. The van der Waals surface area contributed by atoms with Gasteiger partial charge in [0.25, 0.3) is 0 Å². The minimum atomic E-state index is -0.180. The van der Waals surface area contributed by atoms with Crippen molar-refractivity contribution < 1.29 is 9.13 Å². The molecule has 2 heterocycles. The SMILES string of the molecule is Cc1cc(-c2c(/C=C/C(C)C)c(C(C)C)nc3c2CCOc2ccccc2-3)ccc1F. The van der Waals surface area contributed by atoms with Crippen molar-refractivity contribution in [2.75, 3.05) is 6.61 Å². The van der Waals surface area contributed by atoms with Crippen molar-refractivity contribution in [3.8, 4) is 28.1 Å². The van der Waals surface area contributed by atoms with Gasteiger partial charge in [0.15, 0.2) is 0 Å². The molecule has 0 unspecified atom stereocenters. The number of para-hydroxylation sites is 1. The Morgan fingerprint density at radius 1 is 1.06 bits per heavy atom. The second-order valence-corrected chi connectivity index (χ2v) is 8.93. The van der Waals surface area contributed by atoms with Gasteiger partial charge in [-0.2, -0.15) is 0 Å². The van der Waals surface area contributed by atoms with E-state index in [1.165, 1.54) is 5.56 Å². The van der Waals surface area contributed by atoms with Crippen LogP contribution >= 0.6 is 0 Å². The number of benzene rings is 2. The number of hydrogen-bond acceptors (Lipinski definition) is 2. The van der Waals surface area contributed by atoms with E-state index in [0.29, 0.717) is 18.1 Å². The number of nitrogens with zero attached hydrogens (tertiary/aromatic N) is 1. The van der Waals surface area contributed by atoms with E-state index < -0.39 is 0 Å². The summed E-state index contributed by atoms with van der Waals surface area (Å²) in [5.74, 6) is 1.36. The van der Waals surface area contributed by atoms with Gasteiger partial charge in [-0.3, -0.25) is 4.98 Å². The molecule has 0 fully saturated rings. The molecule has 2 nitrogen and oxygen atoms in total. The monoisotopic (exact) mass is 415 g/mol. The Labute approximate surface area is 184 Å². The Kier molecular flexibility index (Phi) is 5.95. The summed E-state index contributed by atoms with van der Waals surface area (Å²) in [6, 6.07) is 13.5. The molecule has 31 heavy (non-hydrogen) atoms. The van der Waals surface area contributed by atoms with Gasteiger partial charge in [-0.1, -0.05) is 58.0 Å². The summed E-state index contributed by atoms with van der Waals surface area (Å²) in [4.78, 5) is 5.21. The largest absolute Gasteiger partial charge is 0.493 e. The first-order valence-electron chi connectivity index (χ1n) is 11.1. The number of allylic oxidation sites excluding steroid dienone is 1. The molecule has 160 valence electrons. The number of aromatic nitrogens is 1. The number of halogens is 1. The Morgan fingerprint density at radius 3 is 2.55 bits per heavy atom. The molecule has 1 aliphatic rings. The number of aryl methyl sites for hydroxylation is 1. The molecule has 0 atom stereocenters. The van der Waals surface area contributed by atoms with Gasteiger partial charge in [0.1, 0.15) is 11.6 Å².